The van der Waals surface area contributed by atoms with Gasteiger partial charge in [0.25, 0.3) is 0 Å². The lowest BCUT2D eigenvalue weighted by atomic mass is 10.5. The van der Waals surface area contributed by atoms with Crippen molar-refractivity contribution in [2.75, 3.05) is 0 Å². The Labute approximate surface area is 159 Å². The van der Waals surface area contributed by atoms with E-state index in [4.69, 9.17) is 28.4 Å². The highest BCUT2D eigenvalue weighted by Crippen LogP contribution is 2.20. The standard InChI is InChI=1S/C18H27N3O6/c1-7-13(22-10-4)25-16-19-17(26-14(8-2)23-11-5)21-18(20-16)27-15(9-3)24-12-6/h10-15H,4-9H2,1-3H3. The van der Waals surface area contributed by atoms with E-state index in [1.165, 1.54) is 18.8 Å². The molecular weight excluding hydrogens is 354 g/mol. The molecule has 0 aliphatic carbocycles. The minimum Gasteiger partial charge on any atom is -0.463 e. The van der Waals surface area contributed by atoms with Crippen LogP contribution in [0.15, 0.2) is 38.5 Å². The molecule has 0 spiro atoms. The Balaban J connectivity index is 3.09. The number of ether oxygens (including phenoxy) is 6. The summed E-state index contributed by atoms with van der Waals surface area (Å²) in [6.07, 6.45) is 3.59. The third kappa shape index (κ3) is 7.85. The maximum Gasteiger partial charge on any atom is 0.328 e. The molecule has 0 radical (unpaired) electrons. The van der Waals surface area contributed by atoms with Gasteiger partial charge in [-0.25, -0.2) is 0 Å². The van der Waals surface area contributed by atoms with Crippen molar-refractivity contribution in [1.82, 2.24) is 15.0 Å². The Hall–Kier alpha value is -2.97. The minimum atomic E-state index is -0.622. The van der Waals surface area contributed by atoms with Gasteiger partial charge in [-0.3, -0.25) is 0 Å². The molecule has 1 aromatic heterocycles. The summed E-state index contributed by atoms with van der Waals surface area (Å²) in [6.45, 7) is 16.2. The zero-order valence-corrected chi connectivity index (χ0v) is 16.0. The maximum atomic E-state index is 5.60. The molecular formula is C18H27N3O6. The van der Waals surface area contributed by atoms with Gasteiger partial charge in [0.1, 0.15) is 0 Å². The zero-order chi connectivity index (χ0) is 20.1. The fourth-order valence-electron chi connectivity index (χ4n) is 1.78. The number of hydrogen-bond acceptors (Lipinski definition) is 9. The number of aromatic nitrogens is 3. The molecule has 1 aromatic rings. The van der Waals surface area contributed by atoms with Crippen molar-refractivity contribution >= 4 is 0 Å². The first-order chi connectivity index (χ1) is 13.1. The lowest BCUT2D eigenvalue weighted by molar-refractivity contribution is -0.0539. The van der Waals surface area contributed by atoms with Crippen molar-refractivity contribution in [1.29, 1.82) is 0 Å². The molecule has 1 heterocycles. The molecule has 0 amide bonds. The van der Waals surface area contributed by atoms with E-state index in [0.717, 1.165) is 0 Å². The molecule has 0 aliphatic heterocycles. The second-order valence-corrected chi connectivity index (χ2v) is 4.96. The van der Waals surface area contributed by atoms with Gasteiger partial charge in [0.05, 0.1) is 18.8 Å². The van der Waals surface area contributed by atoms with Crippen LogP contribution in [0.2, 0.25) is 0 Å². The minimum absolute atomic E-state index is 0.0365. The fraction of sp³-hybridized carbons (Fsp3) is 0.500. The van der Waals surface area contributed by atoms with E-state index in [0.29, 0.717) is 19.3 Å². The van der Waals surface area contributed by atoms with Gasteiger partial charge in [-0.05, 0) is 0 Å². The van der Waals surface area contributed by atoms with E-state index < -0.39 is 18.9 Å². The van der Waals surface area contributed by atoms with Crippen LogP contribution in [0.4, 0.5) is 0 Å². The Morgan fingerprint density at radius 1 is 0.630 bits per heavy atom. The Bertz CT molecular complexity index is 505. The van der Waals surface area contributed by atoms with Gasteiger partial charge in [-0.15, -0.1) is 15.0 Å². The second-order valence-electron chi connectivity index (χ2n) is 4.96. The van der Waals surface area contributed by atoms with Crippen molar-refractivity contribution in [3.05, 3.63) is 38.5 Å². The third-order valence-corrected chi connectivity index (χ3v) is 3.03. The van der Waals surface area contributed by atoms with Crippen LogP contribution in [0.25, 0.3) is 0 Å². The smallest absolute Gasteiger partial charge is 0.328 e. The van der Waals surface area contributed by atoms with Gasteiger partial charge in [0.15, 0.2) is 0 Å². The number of rotatable bonds is 15. The molecule has 0 N–H and O–H groups in total. The van der Waals surface area contributed by atoms with Gasteiger partial charge < -0.3 is 28.4 Å². The van der Waals surface area contributed by atoms with Crippen LogP contribution < -0.4 is 14.2 Å². The summed E-state index contributed by atoms with van der Waals surface area (Å²) >= 11 is 0. The van der Waals surface area contributed by atoms with Crippen LogP contribution in [-0.2, 0) is 14.2 Å². The Morgan fingerprint density at radius 2 is 0.889 bits per heavy atom. The largest absolute Gasteiger partial charge is 0.463 e. The van der Waals surface area contributed by atoms with Gasteiger partial charge in [0.2, 0.25) is 18.9 Å². The SMILES string of the molecule is C=COC(CC)Oc1nc(OC(CC)OC=C)nc(OC(CC)OC=C)n1. The summed E-state index contributed by atoms with van der Waals surface area (Å²) < 4.78 is 32.5. The normalized spacial score (nSPS) is 13.4. The highest BCUT2D eigenvalue weighted by atomic mass is 16.7. The third-order valence-electron chi connectivity index (χ3n) is 3.03. The molecule has 150 valence electrons. The van der Waals surface area contributed by atoms with E-state index in [2.05, 4.69) is 34.7 Å². The van der Waals surface area contributed by atoms with Crippen molar-refractivity contribution in [2.24, 2.45) is 0 Å². The van der Waals surface area contributed by atoms with E-state index >= 15 is 0 Å². The van der Waals surface area contributed by atoms with Gasteiger partial charge >= 0.3 is 18.0 Å². The second kappa shape index (κ2) is 12.4. The quantitative estimate of drug-likeness (QED) is 0.333. The molecule has 0 fully saturated rings. The van der Waals surface area contributed by atoms with Crippen molar-refractivity contribution in [2.45, 2.75) is 58.9 Å². The molecule has 0 saturated carbocycles. The van der Waals surface area contributed by atoms with Crippen LogP contribution in [0.3, 0.4) is 0 Å². The van der Waals surface area contributed by atoms with Crippen LogP contribution in [-0.4, -0.2) is 33.8 Å². The van der Waals surface area contributed by atoms with Gasteiger partial charge in [0, 0.05) is 19.3 Å². The average Bonchev–Trinajstić information content (AvgIpc) is 2.66. The van der Waals surface area contributed by atoms with Crippen molar-refractivity contribution in [3.8, 4) is 18.0 Å². The highest BCUT2D eigenvalue weighted by molar-refractivity contribution is 5.09. The lowest BCUT2D eigenvalue weighted by Crippen LogP contribution is -2.23. The molecule has 0 bridgehead atoms. The van der Waals surface area contributed by atoms with E-state index in [1.807, 2.05) is 20.8 Å². The monoisotopic (exact) mass is 381 g/mol. The first kappa shape index (κ1) is 22.1. The molecule has 27 heavy (non-hydrogen) atoms. The molecule has 1 rings (SSSR count). The molecule has 3 atom stereocenters. The Kier molecular flexibility index (Phi) is 10.1. The van der Waals surface area contributed by atoms with Gasteiger partial charge in [-0.1, -0.05) is 40.5 Å². The fourth-order valence-corrected chi connectivity index (χ4v) is 1.78. The van der Waals surface area contributed by atoms with Crippen LogP contribution in [0.1, 0.15) is 40.0 Å². The molecule has 0 aromatic carbocycles. The first-order valence-corrected chi connectivity index (χ1v) is 8.65. The molecule has 9 nitrogen and oxygen atoms in total. The molecule has 9 heteroatoms. The van der Waals surface area contributed by atoms with E-state index in [-0.39, 0.29) is 18.0 Å². The van der Waals surface area contributed by atoms with E-state index in [1.54, 1.807) is 0 Å². The van der Waals surface area contributed by atoms with E-state index in [9.17, 15) is 0 Å². The van der Waals surface area contributed by atoms with Crippen LogP contribution >= 0.6 is 0 Å². The number of hydrogen-bond donors (Lipinski definition) is 0. The highest BCUT2D eigenvalue weighted by Gasteiger charge is 2.19. The predicted molar refractivity (Wildman–Crippen MR) is 97.8 cm³/mol. The van der Waals surface area contributed by atoms with Crippen molar-refractivity contribution < 1.29 is 28.4 Å². The molecule has 0 aliphatic rings. The summed E-state index contributed by atoms with van der Waals surface area (Å²) in [5.74, 6) is 0. The summed E-state index contributed by atoms with van der Waals surface area (Å²) in [5.41, 5.74) is 0. The summed E-state index contributed by atoms with van der Waals surface area (Å²) in [5, 5.41) is 0. The topological polar surface area (TPSA) is 94.1 Å². The first-order valence-electron chi connectivity index (χ1n) is 8.65. The summed E-state index contributed by atoms with van der Waals surface area (Å²) in [6, 6.07) is -0.109. The summed E-state index contributed by atoms with van der Waals surface area (Å²) in [7, 11) is 0. The zero-order valence-electron chi connectivity index (χ0n) is 16.0. The summed E-state index contributed by atoms with van der Waals surface area (Å²) in [4.78, 5) is 12.3. The van der Waals surface area contributed by atoms with Crippen LogP contribution in [0, 0.1) is 0 Å². The maximum absolute atomic E-state index is 5.60. The average molecular weight is 381 g/mol. The molecule has 0 saturated heterocycles. The molecule has 3 unspecified atom stereocenters. The van der Waals surface area contributed by atoms with Gasteiger partial charge in [-0.2, -0.15) is 0 Å². The van der Waals surface area contributed by atoms with Crippen LogP contribution in [0.5, 0.6) is 18.0 Å². The van der Waals surface area contributed by atoms with Crippen molar-refractivity contribution in [3.63, 3.8) is 0 Å². The Morgan fingerprint density at radius 3 is 1.07 bits per heavy atom. The predicted octanol–water partition coefficient (Wildman–Crippen LogP) is 3.70. The lowest BCUT2D eigenvalue weighted by Gasteiger charge is -2.19. The number of nitrogens with zero attached hydrogens (tertiary/aromatic N) is 3.